The first-order valence-electron chi connectivity index (χ1n) is 4.72. The smallest absolute Gasteiger partial charge is 0.326 e. The molecule has 14 heavy (non-hydrogen) atoms. The van der Waals surface area contributed by atoms with Crippen molar-refractivity contribution in [1.82, 2.24) is 0 Å². The predicted octanol–water partition coefficient (Wildman–Crippen LogP) is 1.87. The molecule has 0 spiro atoms. The van der Waals surface area contributed by atoms with Crippen LogP contribution in [0.15, 0.2) is 0 Å². The molecule has 1 heterocycles. The van der Waals surface area contributed by atoms with E-state index in [4.69, 9.17) is 9.47 Å². The van der Waals surface area contributed by atoms with Crippen molar-refractivity contribution in [1.29, 1.82) is 0 Å². The summed E-state index contributed by atoms with van der Waals surface area (Å²) in [4.78, 5) is 22.4. The maximum Gasteiger partial charge on any atom is 0.326 e. The van der Waals surface area contributed by atoms with Crippen LogP contribution in [-0.4, -0.2) is 17.7 Å². The van der Waals surface area contributed by atoms with Gasteiger partial charge >= 0.3 is 11.9 Å². The molecule has 0 aliphatic carbocycles. The monoisotopic (exact) mass is 202 g/mol. The van der Waals surface area contributed by atoms with E-state index in [1.165, 1.54) is 27.7 Å². The quantitative estimate of drug-likeness (QED) is 0.444. The summed E-state index contributed by atoms with van der Waals surface area (Å²) in [6.07, 6.45) is 0. The van der Waals surface area contributed by atoms with Crippen molar-refractivity contribution < 1.29 is 19.1 Å². The summed E-state index contributed by atoms with van der Waals surface area (Å²) in [5.74, 6) is -2.20. The molecule has 0 aromatic rings. The van der Waals surface area contributed by atoms with Crippen molar-refractivity contribution in [3.05, 3.63) is 0 Å². The highest BCUT2D eigenvalue weighted by molar-refractivity contribution is 6.00. The molecule has 0 N–H and O–H groups in total. The summed E-state index contributed by atoms with van der Waals surface area (Å²) in [7, 11) is 0. The minimum atomic E-state index is -1.17. The summed E-state index contributed by atoms with van der Waals surface area (Å²) in [5.41, 5.74) is -1.17. The first kappa shape index (κ1) is 12.9. The lowest BCUT2D eigenvalue weighted by Gasteiger charge is -2.36. The van der Waals surface area contributed by atoms with Crippen LogP contribution >= 0.6 is 0 Å². The van der Waals surface area contributed by atoms with Gasteiger partial charge in [0.1, 0.15) is 0 Å². The van der Waals surface area contributed by atoms with Crippen LogP contribution in [0.3, 0.4) is 0 Å². The Hall–Kier alpha value is -1.06. The third-order valence-electron chi connectivity index (χ3n) is 1.70. The van der Waals surface area contributed by atoms with Crippen LogP contribution in [0.5, 0.6) is 0 Å². The zero-order valence-corrected chi connectivity index (χ0v) is 9.63. The molecule has 1 aliphatic rings. The molecule has 0 amide bonds. The lowest BCUT2D eigenvalue weighted by molar-refractivity contribution is -0.248. The molecular formula is C10H18O4. The molecule has 0 radical (unpaired) electrons. The van der Waals surface area contributed by atoms with Gasteiger partial charge in [0.05, 0.1) is 0 Å². The molecule has 1 fully saturated rings. The normalized spacial score (nSPS) is 22.7. The van der Waals surface area contributed by atoms with E-state index in [1.807, 2.05) is 13.8 Å². The van der Waals surface area contributed by atoms with E-state index in [0.717, 1.165) is 0 Å². The number of cyclic esters (lactones) is 2. The number of ether oxygens (including phenoxy) is 2. The van der Waals surface area contributed by atoms with E-state index >= 15 is 0 Å². The van der Waals surface area contributed by atoms with Crippen molar-refractivity contribution >= 4 is 11.9 Å². The Labute approximate surface area is 84.6 Å². The highest BCUT2D eigenvalue weighted by Crippen LogP contribution is 2.30. The first-order valence-corrected chi connectivity index (χ1v) is 4.72. The molecular weight excluding hydrogens is 184 g/mol. The van der Waals surface area contributed by atoms with Gasteiger partial charge in [-0.25, -0.2) is 0 Å². The summed E-state index contributed by atoms with van der Waals surface area (Å²) in [6, 6.07) is 0. The van der Waals surface area contributed by atoms with Crippen molar-refractivity contribution in [2.75, 3.05) is 0 Å². The Kier molecular flexibility index (Phi) is 3.68. The molecule has 82 valence electrons. The standard InChI is InChI=1S/C8H12O4.C2H6/c1-7(2)5(9)11-8(3,4)12-6(7)10;1-2/h1-4H3;1-2H3. The number of hydrogen-bond donors (Lipinski definition) is 0. The molecule has 0 bridgehead atoms. The zero-order valence-electron chi connectivity index (χ0n) is 9.63. The van der Waals surface area contributed by atoms with E-state index in [1.54, 1.807) is 0 Å². The van der Waals surface area contributed by atoms with Crippen molar-refractivity contribution in [2.24, 2.45) is 5.41 Å². The van der Waals surface area contributed by atoms with Gasteiger partial charge < -0.3 is 9.47 Å². The summed E-state index contributed by atoms with van der Waals surface area (Å²) < 4.78 is 9.75. The van der Waals surface area contributed by atoms with E-state index in [0.29, 0.717) is 0 Å². The van der Waals surface area contributed by atoms with Gasteiger partial charge in [-0.05, 0) is 13.8 Å². The van der Waals surface area contributed by atoms with Crippen LogP contribution in [0.2, 0.25) is 0 Å². The summed E-state index contributed by atoms with van der Waals surface area (Å²) in [5, 5.41) is 0. The number of carbonyl (C=O) groups excluding carboxylic acids is 2. The van der Waals surface area contributed by atoms with Crippen LogP contribution in [-0.2, 0) is 19.1 Å². The molecule has 0 unspecified atom stereocenters. The minimum absolute atomic E-state index is 0.538. The lowest BCUT2D eigenvalue weighted by atomic mass is 9.93. The fourth-order valence-electron chi connectivity index (χ4n) is 0.806. The second-order valence-electron chi connectivity index (χ2n) is 3.80. The molecule has 1 rings (SSSR count). The molecule has 0 saturated carbocycles. The largest absolute Gasteiger partial charge is 0.422 e. The Morgan fingerprint density at radius 3 is 1.43 bits per heavy atom. The first-order chi connectivity index (χ1) is 6.26. The number of rotatable bonds is 0. The van der Waals surface area contributed by atoms with Crippen molar-refractivity contribution in [3.63, 3.8) is 0 Å². The van der Waals surface area contributed by atoms with Crippen LogP contribution < -0.4 is 0 Å². The summed E-state index contributed by atoms with van der Waals surface area (Å²) >= 11 is 0. The van der Waals surface area contributed by atoms with Crippen LogP contribution in [0, 0.1) is 5.41 Å². The summed E-state index contributed by atoms with van der Waals surface area (Å²) in [6.45, 7) is 10.0. The van der Waals surface area contributed by atoms with Gasteiger partial charge in [0.25, 0.3) is 5.79 Å². The third kappa shape index (κ3) is 2.47. The van der Waals surface area contributed by atoms with Crippen LogP contribution in [0.1, 0.15) is 41.5 Å². The van der Waals surface area contributed by atoms with E-state index in [2.05, 4.69) is 0 Å². The van der Waals surface area contributed by atoms with Crippen LogP contribution in [0.4, 0.5) is 0 Å². The van der Waals surface area contributed by atoms with Gasteiger partial charge in [-0.3, -0.25) is 9.59 Å². The maximum absolute atomic E-state index is 11.2. The van der Waals surface area contributed by atoms with Gasteiger partial charge in [-0.1, -0.05) is 13.8 Å². The lowest BCUT2D eigenvalue weighted by Crippen LogP contribution is -2.50. The fourth-order valence-corrected chi connectivity index (χ4v) is 0.806. The van der Waals surface area contributed by atoms with Crippen molar-refractivity contribution in [2.45, 2.75) is 47.3 Å². The number of esters is 2. The molecule has 1 saturated heterocycles. The highest BCUT2D eigenvalue weighted by Gasteiger charge is 2.49. The van der Waals surface area contributed by atoms with Gasteiger partial charge in [0.15, 0.2) is 5.41 Å². The highest BCUT2D eigenvalue weighted by atomic mass is 16.7. The van der Waals surface area contributed by atoms with Gasteiger partial charge in [-0.2, -0.15) is 0 Å². The predicted molar refractivity (Wildman–Crippen MR) is 51.4 cm³/mol. The van der Waals surface area contributed by atoms with E-state index in [9.17, 15) is 9.59 Å². The van der Waals surface area contributed by atoms with Gasteiger partial charge in [0, 0.05) is 13.8 Å². The van der Waals surface area contributed by atoms with Gasteiger partial charge in [0.2, 0.25) is 0 Å². The molecule has 1 aliphatic heterocycles. The Balaban J connectivity index is 0.000000791. The maximum atomic E-state index is 11.2. The van der Waals surface area contributed by atoms with Crippen molar-refractivity contribution in [3.8, 4) is 0 Å². The number of carbonyl (C=O) groups is 2. The van der Waals surface area contributed by atoms with E-state index in [-0.39, 0.29) is 0 Å². The average molecular weight is 202 g/mol. The van der Waals surface area contributed by atoms with E-state index < -0.39 is 23.1 Å². The Morgan fingerprint density at radius 2 is 1.14 bits per heavy atom. The zero-order chi connectivity index (χ0) is 11.6. The third-order valence-corrected chi connectivity index (χ3v) is 1.70. The number of hydrogen-bond acceptors (Lipinski definition) is 4. The molecule has 0 aromatic carbocycles. The second-order valence-corrected chi connectivity index (χ2v) is 3.80. The molecule has 0 aromatic heterocycles. The SMILES string of the molecule is CC.CC1(C)OC(=O)C(C)(C)C(=O)O1. The topological polar surface area (TPSA) is 52.6 Å². The van der Waals surface area contributed by atoms with Crippen LogP contribution in [0.25, 0.3) is 0 Å². The van der Waals surface area contributed by atoms with Gasteiger partial charge in [-0.15, -0.1) is 0 Å². The average Bonchev–Trinajstić information content (AvgIpc) is 2.04. The Bertz CT molecular complexity index is 219. The second kappa shape index (κ2) is 3.98. The molecule has 0 atom stereocenters. The minimum Gasteiger partial charge on any atom is -0.422 e. The molecule has 4 nitrogen and oxygen atoms in total. The fraction of sp³-hybridized carbons (Fsp3) is 0.800. The molecule has 4 heteroatoms. The Morgan fingerprint density at radius 1 is 0.857 bits per heavy atom.